The number of hydrogen-bond acceptors (Lipinski definition) is 3. The van der Waals surface area contributed by atoms with E-state index in [1.807, 2.05) is 29.2 Å². The fraction of sp³-hybridized carbons (Fsp3) is 0.474. The van der Waals surface area contributed by atoms with Gasteiger partial charge in [-0.15, -0.1) is 0 Å². The van der Waals surface area contributed by atoms with E-state index in [2.05, 4.69) is 0 Å². The van der Waals surface area contributed by atoms with E-state index in [0.29, 0.717) is 26.2 Å². The van der Waals surface area contributed by atoms with Crippen LogP contribution in [-0.4, -0.2) is 59.8 Å². The highest BCUT2D eigenvalue weighted by atomic mass is 19.3. The molecule has 1 aromatic carbocycles. The van der Waals surface area contributed by atoms with Gasteiger partial charge in [0.2, 0.25) is 0 Å². The fourth-order valence-electron chi connectivity index (χ4n) is 3.94. The second-order valence-electron chi connectivity index (χ2n) is 6.77. The predicted octanol–water partition coefficient (Wildman–Crippen LogP) is 2.75. The SMILES string of the molecule is O=C(c1c2c(nc3ccccc13)CCC2)N1CCN(CC(F)F)CC1. The Balaban J connectivity index is 1.63. The van der Waals surface area contributed by atoms with Crippen LogP contribution in [0.2, 0.25) is 0 Å². The van der Waals surface area contributed by atoms with Crippen LogP contribution < -0.4 is 0 Å². The van der Waals surface area contributed by atoms with Crippen molar-refractivity contribution in [2.45, 2.75) is 25.7 Å². The van der Waals surface area contributed by atoms with E-state index in [-0.39, 0.29) is 12.5 Å². The van der Waals surface area contributed by atoms with E-state index in [0.717, 1.165) is 47.0 Å². The smallest absolute Gasteiger partial charge is 0.254 e. The first-order chi connectivity index (χ1) is 12.1. The Kier molecular flexibility index (Phi) is 4.37. The molecule has 6 heteroatoms. The summed E-state index contributed by atoms with van der Waals surface area (Å²) in [5.74, 6) is 0.0217. The van der Waals surface area contributed by atoms with Crippen LogP contribution in [0.3, 0.4) is 0 Å². The van der Waals surface area contributed by atoms with Crippen LogP contribution in [-0.2, 0) is 12.8 Å². The van der Waals surface area contributed by atoms with E-state index < -0.39 is 6.43 Å². The summed E-state index contributed by atoms with van der Waals surface area (Å²) in [5, 5.41) is 0.906. The maximum atomic E-state index is 13.2. The molecule has 0 bridgehead atoms. The molecule has 0 saturated carbocycles. The highest BCUT2D eigenvalue weighted by Gasteiger charge is 2.29. The van der Waals surface area contributed by atoms with Gasteiger partial charge in [0.15, 0.2) is 0 Å². The predicted molar refractivity (Wildman–Crippen MR) is 92.1 cm³/mol. The number of carbonyl (C=O) groups excluding carboxylic acids is 1. The first-order valence-electron chi connectivity index (χ1n) is 8.84. The number of fused-ring (bicyclic) bond motifs is 2. The lowest BCUT2D eigenvalue weighted by Crippen LogP contribution is -2.50. The summed E-state index contributed by atoms with van der Waals surface area (Å²) in [6.07, 6.45) is 0.512. The van der Waals surface area contributed by atoms with Gasteiger partial charge in [0.25, 0.3) is 12.3 Å². The van der Waals surface area contributed by atoms with E-state index >= 15 is 0 Å². The average molecular weight is 345 g/mol. The third-order valence-electron chi connectivity index (χ3n) is 5.19. The molecular formula is C19H21F2N3O. The number of rotatable bonds is 3. The molecule has 1 fully saturated rings. The Morgan fingerprint density at radius 1 is 1.12 bits per heavy atom. The summed E-state index contributed by atoms with van der Waals surface area (Å²) in [4.78, 5) is 21.5. The van der Waals surface area contributed by atoms with Crippen LogP contribution in [0.1, 0.15) is 28.0 Å². The molecule has 25 heavy (non-hydrogen) atoms. The number of piperazine rings is 1. The Morgan fingerprint density at radius 3 is 2.64 bits per heavy atom. The van der Waals surface area contributed by atoms with Gasteiger partial charge in [-0.1, -0.05) is 18.2 Å². The molecule has 1 saturated heterocycles. The summed E-state index contributed by atoms with van der Waals surface area (Å²) in [6.45, 7) is 1.78. The summed E-state index contributed by atoms with van der Waals surface area (Å²) in [6, 6.07) is 7.78. The van der Waals surface area contributed by atoms with Gasteiger partial charge in [-0.25, -0.2) is 8.78 Å². The van der Waals surface area contributed by atoms with Crippen LogP contribution in [0.4, 0.5) is 8.78 Å². The molecule has 2 aliphatic rings. The number of pyridine rings is 1. The van der Waals surface area contributed by atoms with Gasteiger partial charge < -0.3 is 4.90 Å². The maximum absolute atomic E-state index is 13.2. The Morgan fingerprint density at radius 2 is 1.88 bits per heavy atom. The van der Waals surface area contributed by atoms with E-state index in [1.165, 1.54) is 0 Å². The minimum Gasteiger partial charge on any atom is -0.336 e. The van der Waals surface area contributed by atoms with Crippen LogP contribution in [0, 0.1) is 0 Å². The first-order valence-corrected chi connectivity index (χ1v) is 8.84. The molecule has 1 amide bonds. The van der Waals surface area contributed by atoms with Gasteiger partial charge in [0, 0.05) is 37.3 Å². The van der Waals surface area contributed by atoms with E-state index in [9.17, 15) is 13.6 Å². The number of alkyl halides is 2. The van der Waals surface area contributed by atoms with Crippen LogP contribution >= 0.6 is 0 Å². The van der Waals surface area contributed by atoms with Crippen molar-refractivity contribution >= 4 is 16.8 Å². The molecule has 0 spiro atoms. The monoisotopic (exact) mass is 345 g/mol. The van der Waals surface area contributed by atoms with Gasteiger partial charge in [-0.3, -0.25) is 14.7 Å². The van der Waals surface area contributed by atoms with Gasteiger partial charge in [0.1, 0.15) is 0 Å². The van der Waals surface area contributed by atoms with Crippen molar-refractivity contribution in [1.29, 1.82) is 0 Å². The normalized spacial score (nSPS) is 18.1. The number of nitrogens with zero attached hydrogens (tertiary/aromatic N) is 3. The number of para-hydroxylation sites is 1. The fourth-order valence-corrected chi connectivity index (χ4v) is 3.94. The van der Waals surface area contributed by atoms with Crippen molar-refractivity contribution < 1.29 is 13.6 Å². The van der Waals surface area contributed by atoms with Crippen LogP contribution in [0.15, 0.2) is 24.3 Å². The number of aromatic nitrogens is 1. The quantitative estimate of drug-likeness (QED) is 0.858. The summed E-state index contributed by atoms with van der Waals surface area (Å²) >= 11 is 0. The molecule has 132 valence electrons. The average Bonchev–Trinajstić information content (AvgIpc) is 3.07. The van der Waals surface area contributed by atoms with Gasteiger partial charge in [-0.2, -0.15) is 0 Å². The number of halogens is 2. The first kappa shape index (κ1) is 16.4. The molecule has 2 heterocycles. The number of benzene rings is 1. The summed E-state index contributed by atoms with van der Waals surface area (Å²) < 4.78 is 25.1. The van der Waals surface area contributed by atoms with Crippen LogP contribution in [0.5, 0.6) is 0 Å². The number of aryl methyl sites for hydroxylation is 1. The number of amides is 1. The van der Waals surface area contributed by atoms with Crippen molar-refractivity contribution in [3.05, 3.63) is 41.1 Å². The molecule has 0 N–H and O–H groups in total. The molecular weight excluding hydrogens is 324 g/mol. The Bertz CT molecular complexity index is 801. The Labute approximate surface area is 145 Å². The second kappa shape index (κ2) is 6.67. The molecule has 1 aliphatic heterocycles. The number of hydrogen-bond donors (Lipinski definition) is 0. The zero-order valence-corrected chi connectivity index (χ0v) is 14.0. The zero-order valence-electron chi connectivity index (χ0n) is 14.0. The summed E-state index contributed by atoms with van der Waals surface area (Å²) in [5.41, 5.74) is 3.76. The molecule has 1 aliphatic carbocycles. The van der Waals surface area contributed by atoms with Crippen molar-refractivity contribution in [2.75, 3.05) is 32.7 Å². The van der Waals surface area contributed by atoms with Crippen molar-refractivity contribution in [3.8, 4) is 0 Å². The Hall–Kier alpha value is -2.08. The molecule has 0 atom stereocenters. The van der Waals surface area contributed by atoms with Crippen molar-refractivity contribution in [2.24, 2.45) is 0 Å². The highest BCUT2D eigenvalue weighted by Crippen LogP contribution is 2.31. The van der Waals surface area contributed by atoms with Gasteiger partial charge in [0.05, 0.1) is 17.6 Å². The minimum absolute atomic E-state index is 0.0217. The zero-order chi connectivity index (χ0) is 17.4. The van der Waals surface area contributed by atoms with Crippen molar-refractivity contribution in [3.63, 3.8) is 0 Å². The molecule has 4 rings (SSSR count). The van der Waals surface area contributed by atoms with Crippen LogP contribution in [0.25, 0.3) is 10.9 Å². The molecule has 2 aromatic rings. The molecule has 4 nitrogen and oxygen atoms in total. The second-order valence-corrected chi connectivity index (χ2v) is 6.77. The maximum Gasteiger partial charge on any atom is 0.254 e. The molecule has 0 unspecified atom stereocenters. The lowest BCUT2D eigenvalue weighted by atomic mass is 9.99. The van der Waals surface area contributed by atoms with E-state index in [4.69, 9.17) is 4.98 Å². The highest BCUT2D eigenvalue weighted by molar-refractivity contribution is 6.07. The molecule has 1 aromatic heterocycles. The standard InChI is InChI=1S/C19H21F2N3O/c20-17(21)12-23-8-10-24(11-9-23)19(25)18-13-4-1-2-6-15(13)22-16-7-3-5-14(16)18/h1-2,4,6,17H,3,5,7-12H2. The third-order valence-corrected chi connectivity index (χ3v) is 5.19. The van der Waals surface area contributed by atoms with E-state index in [1.54, 1.807) is 4.90 Å². The lowest BCUT2D eigenvalue weighted by molar-refractivity contribution is 0.0459. The topological polar surface area (TPSA) is 36.4 Å². The largest absolute Gasteiger partial charge is 0.336 e. The van der Waals surface area contributed by atoms with Crippen molar-refractivity contribution in [1.82, 2.24) is 14.8 Å². The van der Waals surface area contributed by atoms with Gasteiger partial charge in [-0.05, 0) is 30.9 Å². The summed E-state index contributed by atoms with van der Waals surface area (Å²) in [7, 11) is 0. The molecule has 0 radical (unpaired) electrons. The third kappa shape index (κ3) is 3.11. The van der Waals surface area contributed by atoms with Gasteiger partial charge >= 0.3 is 0 Å². The lowest BCUT2D eigenvalue weighted by Gasteiger charge is -2.35. The number of carbonyl (C=O) groups is 1. The minimum atomic E-state index is -2.32.